The largest absolute Gasteiger partial charge is 0.351 e. The molecule has 0 aliphatic rings. The summed E-state index contributed by atoms with van der Waals surface area (Å²) in [7, 11) is 0. The van der Waals surface area contributed by atoms with Crippen molar-refractivity contribution in [3.63, 3.8) is 0 Å². The van der Waals surface area contributed by atoms with Crippen LogP contribution in [0, 0.1) is 37.0 Å². The molecule has 0 saturated carbocycles. The topological polar surface area (TPSA) is 55.2 Å². The van der Waals surface area contributed by atoms with E-state index >= 15 is 0 Å². The van der Waals surface area contributed by atoms with Gasteiger partial charge in [0.15, 0.2) is 23.3 Å². The van der Waals surface area contributed by atoms with Crippen molar-refractivity contribution in [2.45, 2.75) is 0 Å². The lowest BCUT2D eigenvalue weighted by Gasteiger charge is -2.10. The summed E-state index contributed by atoms with van der Waals surface area (Å²) in [6.07, 6.45) is 0. The number of halogens is 5. The summed E-state index contributed by atoms with van der Waals surface area (Å²) >= 11 is 1.66. The highest BCUT2D eigenvalue weighted by molar-refractivity contribution is 14.1. The molecule has 0 unspecified atom stereocenters. The zero-order valence-electron chi connectivity index (χ0n) is 9.96. The van der Waals surface area contributed by atoms with Crippen LogP contribution in [0.4, 0.5) is 34.6 Å². The van der Waals surface area contributed by atoms with Gasteiger partial charge in [0.05, 0.1) is 8.49 Å². The van der Waals surface area contributed by atoms with Gasteiger partial charge in [-0.15, -0.1) is 0 Å². The van der Waals surface area contributed by atoms with Crippen LogP contribution in [-0.4, -0.2) is 4.92 Å². The van der Waals surface area contributed by atoms with E-state index in [4.69, 9.17) is 0 Å². The molecule has 0 radical (unpaired) electrons. The number of nitro benzene ring substituents is 1. The van der Waals surface area contributed by atoms with Gasteiger partial charge in [0.1, 0.15) is 5.69 Å². The molecule has 110 valence electrons. The Morgan fingerprint density at radius 3 is 2.10 bits per heavy atom. The molecule has 0 saturated heterocycles. The minimum atomic E-state index is -1.58. The molecule has 0 aliphatic carbocycles. The molecule has 0 spiro atoms. The minimum absolute atomic E-state index is 0.0489. The highest BCUT2D eigenvalue weighted by Crippen LogP contribution is 2.30. The predicted octanol–water partition coefficient (Wildman–Crippen LogP) is 4.50. The van der Waals surface area contributed by atoms with Crippen LogP contribution in [0.25, 0.3) is 0 Å². The zero-order chi connectivity index (χ0) is 15.7. The lowest BCUT2D eigenvalue weighted by Crippen LogP contribution is -2.03. The van der Waals surface area contributed by atoms with Gasteiger partial charge in [-0.25, -0.2) is 17.6 Å². The summed E-state index contributed by atoms with van der Waals surface area (Å²) < 4.78 is 53.3. The van der Waals surface area contributed by atoms with Crippen molar-refractivity contribution < 1.29 is 22.5 Å². The Kier molecular flexibility index (Phi) is 4.30. The molecule has 0 aliphatic heterocycles. The molecule has 0 aromatic heterocycles. The molecule has 0 heterocycles. The van der Waals surface area contributed by atoms with E-state index in [9.17, 15) is 27.7 Å². The molecule has 2 aromatic rings. The number of hydrogen-bond acceptors (Lipinski definition) is 3. The standard InChI is InChI=1S/C12H5F4IN2O2/c13-6-4-7(14)11(16)12(10(6)15)18-5-1-2-9(19(20)21)8(17)3-5/h1-4,18H. The van der Waals surface area contributed by atoms with Crippen molar-refractivity contribution in [1.29, 1.82) is 0 Å². The van der Waals surface area contributed by atoms with Gasteiger partial charge < -0.3 is 5.32 Å². The van der Waals surface area contributed by atoms with E-state index in [1.54, 1.807) is 22.6 Å². The van der Waals surface area contributed by atoms with Crippen LogP contribution in [0.3, 0.4) is 0 Å². The average Bonchev–Trinajstić information content (AvgIpc) is 2.41. The molecule has 0 bridgehead atoms. The van der Waals surface area contributed by atoms with Gasteiger partial charge >= 0.3 is 0 Å². The number of nitrogens with one attached hydrogen (secondary N) is 1. The number of nitrogens with zero attached hydrogens (tertiary/aromatic N) is 1. The average molecular weight is 412 g/mol. The monoisotopic (exact) mass is 412 g/mol. The molecule has 4 nitrogen and oxygen atoms in total. The predicted molar refractivity (Wildman–Crippen MR) is 75.4 cm³/mol. The second kappa shape index (κ2) is 5.84. The molecule has 0 fully saturated rings. The summed E-state index contributed by atoms with van der Waals surface area (Å²) in [6, 6.07) is 3.59. The van der Waals surface area contributed by atoms with Gasteiger partial charge in [-0.05, 0) is 34.7 Å². The van der Waals surface area contributed by atoms with Crippen LogP contribution in [0.5, 0.6) is 0 Å². The normalized spacial score (nSPS) is 10.5. The summed E-state index contributed by atoms with van der Waals surface area (Å²) in [5.74, 6) is -6.26. The lowest BCUT2D eigenvalue weighted by molar-refractivity contribution is -0.385. The third-order valence-corrected chi connectivity index (χ3v) is 3.39. The minimum Gasteiger partial charge on any atom is -0.351 e. The fourth-order valence-corrected chi connectivity index (χ4v) is 2.27. The maximum Gasteiger partial charge on any atom is 0.282 e. The number of anilines is 2. The molecule has 0 amide bonds. The second-order valence-corrected chi connectivity index (χ2v) is 5.05. The number of nitro groups is 1. The van der Waals surface area contributed by atoms with Crippen LogP contribution in [-0.2, 0) is 0 Å². The van der Waals surface area contributed by atoms with Crippen LogP contribution < -0.4 is 5.32 Å². The molecule has 9 heteroatoms. The van der Waals surface area contributed by atoms with Gasteiger partial charge in [0, 0.05) is 17.8 Å². The van der Waals surface area contributed by atoms with Gasteiger partial charge in [-0.1, -0.05) is 0 Å². The Morgan fingerprint density at radius 1 is 1.05 bits per heavy atom. The molecule has 21 heavy (non-hydrogen) atoms. The lowest BCUT2D eigenvalue weighted by atomic mass is 10.2. The van der Waals surface area contributed by atoms with E-state index in [0.717, 1.165) is 6.07 Å². The summed E-state index contributed by atoms with van der Waals surface area (Å²) in [4.78, 5) is 10.0. The van der Waals surface area contributed by atoms with Crippen molar-refractivity contribution in [2.75, 3.05) is 5.32 Å². The smallest absolute Gasteiger partial charge is 0.282 e. The van der Waals surface area contributed by atoms with Crippen molar-refractivity contribution in [3.05, 3.63) is 61.2 Å². The maximum absolute atomic E-state index is 13.5. The first-order valence-electron chi connectivity index (χ1n) is 5.35. The summed E-state index contributed by atoms with van der Waals surface area (Å²) in [5, 5.41) is 12.8. The highest BCUT2D eigenvalue weighted by Gasteiger charge is 2.20. The first kappa shape index (κ1) is 15.5. The summed E-state index contributed by atoms with van der Waals surface area (Å²) in [5.41, 5.74) is -1.16. The zero-order valence-corrected chi connectivity index (χ0v) is 12.1. The molecule has 2 aromatic carbocycles. The Balaban J connectivity index is 2.44. The van der Waals surface area contributed by atoms with E-state index in [1.807, 2.05) is 0 Å². The molecule has 0 atom stereocenters. The van der Waals surface area contributed by atoms with Crippen LogP contribution in [0.2, 0.25) is 0 Å². The Bertz CT molecular complexity index is 713. The van der Waals surface area contributed by atoms with E-state index in [0.29, 0.717) is 0 Å². The van der Waals surface area contributed by atoms with Crippen molar-refractivity contribution in [3.8, 4) is 0 Å². The van der Waals surface area contributed by atoms with Gasteiger partial charge in [-0.2, -0.15) is 0 Å². The van der Waals surface area contributed by atoms with E-state index in [1.165, 1.54) is 12.1 Å². The summed E-state index contributed by atoms with van der Waals surface area (Å²) in [6.45, 7) is 0. The van der Waals surface area contributed by atoms with Crippen LogP contribution in [0.15, 0.2) is 24.3 Å². The van der Waals surface area contributed by atoms with Gasteiger partial charge in [0.25, 0.3) is 5.69 Å². The van der Waals surface area contributed by atoms with Gasteiger partial charge in [-0.3, -0.25) is 10.1 Å². The molecule has 2 rings (SSSR count). The number of rotatable bonds is 3. The van der Waals surface area contributed by atoms with Crippen molar-refractivity contribution >= 4 is 39.7 Å². The first-order valence-corrected chi connectivity index (χ1v) is 6.43. The number of hydrogen-bond donors (Lipinski definition) is 1. The maximum atomic E-state index is 13.5. The van der Waals surface area contributed by atoms with Crippen LogP contribution in [0.1, 0.15) is 0 Å². The highest BCUT2D eigenvalue weighted by atomic mass is 127. The fraction of sp³-hybridized carbons (Fsp3) is 0. The van der Waals surface area contributed by atoms with Gasteiger partial charge in [0.2, 0.25) is 0 Å². The molecule has 1 N–H and O–H groups in total. The quantitative estimate of drug-likeness (QED) is 0.266. The van der Waals surface area contributed by atoms with Crippen molar-refractivity contribution in [2.24, 2.45) is 0 Å². The fourth-order valence-electron chi connectivity index (χ4n) is 1.56. The van der Waals surface area contributed by atoms with E-state index in [-0.39, 0.29) is 21.0 Å². The Hall–Kier alpha value is -1.91. The van der Waals surface area contributed by atoms with Crippen LogP contribution >= 0.6 is 22.6 Å². The molecular weight excluding hydrogens is 407 g/mol. The Labute approximate surface area is 129 Å². The van der Waals surface area contributed by atoms with E-state index in [2.05, 4.69) is 5.32 Å². The first-order chi connectivity index (χ1) is 9.81. The van der Waals surface area contributed by atoms with E-state index < -0.39 is 33.9 Å². The third-order valence-electron chi connectivity index (χ3n) is 2.53. The Morgan fingerprint density at radius 2 is 1.62 bits per heavy atom. The molecular formula is C12H5F4IN2O2. The number of benzene rings is 2. The second-order valence-electron chi connectivity index (χ2n) is 3.89. The SMILES string of the molecule is O=[N+]([O-])c1ccc(Nc2c(F)c(F)cc(F)c2F)cc1I. The third kappa shape index (κ3) is 3.06. The van der Waals surface area contributed by atoms with Crippen molar-refractivity contribution in [1.82, 2.24) is 0 Å².